The molecule has 94 valence electrons. The number of nitrogens with two attached hydrogens (primary N) is 2. The maximum absolute atomic E-state index is 6.34. The van der Waals surface area contributed by atoms with Crippen LogP contribution in [0.25, 0.3) is 0 Å². The fraction of sp³-hybridized carbons (Fsp3) is 0.643. The van der Waals surface area contributed by atoms with E-state index in [0.29, 0.717) is 11.3 Å². The molecular formula is C14H23N3. The van der Waals surface area contributed by atoms with Gasteiger partial charge in [-0.25, -0.2) is 0 Å². The average Bonchev–Trinajstić information content (AvgIpc) is 2.29. The fourth-order valence-electron chi connectivity index (χ4n) is 2.73. The van der Waals surface area contributed by atoms with Gasteiger partial charge in [-0.3, -0.25) is 4.98 Å². The van der Waals surface area contributed by atoms with Crippen LogP contribution in [-0.2, 0) is 0 Å². The number of nitrogen functional groups attached to an aromatic ring is 1. The molecule has 3 nitrogen and oxygen atoms in total. The van der Waals surface area contributed by atoms with Crippen LogP contribution in [0.1, 0.15) is 51.1 Å². The zero-order valence-electron chi connectivity index (χ0n) is 10.8. The van der Waals surface area contributed by atoms with Crippen molar-refractivity contribution in [2.75, 3.05) is 5.73 Å². The zero-order valence-corrected chi connectivity index (χ0v) is 10.8. The Balaban J connectivity index is 2.07. The van der Waals surface area contributed by atoms with E-state index in [4.69, 9.17) is 11.5 Å². The predicted molar refractivity (Wildman–Crippen MR) is 71.3 cm³/mol. The first-order valence-corrected chi connectivity index (χ1v) is 6.44. The van der Waals surface area contributed by atoms with Crippen molar-refractivity contribution in [2.45, 2.75) is 45.6 Å². The van der Waals surface area contributed by atoms with Gasteiger partial charge >= 0.3 is 0 Å². The van der Waals surface area contributed by atoms with Gasteiger partial charge in [-0.2, -0.15) is 0 Å². The number of rotatable bonds is 2. The first-order valence-electron chi connectivity index (χ1n) is 6.44. The summed E-state index contributed by atoms with van der Waals surface area (Å²) in [5, 5.41) is 0. The molecule has 1 aliphatic carbocycles. The standard InChI is InChI=1S/C14H23N3/c1-14(2)6-3-10(4-7-14)13(16)11-9-17-8-5-12(11)15/h5,8-10,13H,3-4,6-7,16H2,1-2H3,(H2,15,17). The highest BCUT2D eigenvalue weighted by atomic mass is 14.7. The third kappa shape index (κ3) is 2.78. The van der Waals surface area contributed by atoms with E-state index in [1.165, 1.54) is 25.7 Å². The Morgan fingerprint density at radius 2 is 2.00 bits per heavy atom. The Kier molecular flexibility index (Phi) is 3.38. The van der Waals surface area contributed by atoms with Gasteiger partial charge in [0.2, 0.25) is 0 Å². The smallest absolute Gasteiger partial charge is 0.0393 e. The Morgan fingerprint density at radius 1 is 1.35 bits per heavy atom. The first kappa shape index (κ1) is 12.4. The monoisotopic (exact) mass is 233 g/mol. The largest absolute Gasteiger partial charge is 0.398 e. The second kappa shape index (κ2) is 4.65. The van der Waals surface area contributed by atoms with Crippen molar-refractivity contribution >= 4 is 5.69 Å². The second-order valence-corrected chi connectivity index (χ2v) is 6.03. The lowest BCUT2D eigenvalue weighted by Crippen LogP contribution is -2.29. The SMILES string of the molecule is CC1(C)CCC(C(N)c2cnccc2N)CC1. The minimum absolute atomic E-state index is 0.0415. The Hall–Kier alpha value is -1.09. The van der Waals surface area contributed by atoms with Gasteiger partial charge in [-0.1, -0.05) is 13.8 Å². The molecule has 0 spiro atoms. The molecule has 1 aromatic rings. The van der Waals surface area contributed by atoms with Crippen LogP contribution in [0.15, 0.2) is 18.5 Å². The number of hydrogen-bond acceptors (Lipinski definition) is 3. The van der Waals surface area contributed by atoms with Crippen molar-refractivity contribution in [1.29, 1.82) is 0 Å². The number of pyridine rings is 1. The zero-order chi connectivity index (χ0) is 12.5. The van der Waals surface area contributed by atoms with Crippen molar-refractivity contribution in [1.82, 2.24) is 4.98 Å². The van der Waals surface area contributed by atoms with Crippen molar-refractivity contribution in [3.05, 3.63) is 24.0 Å². The summed E-state index contributed by atoms with van der Waals surface area (Å²) in [6.45, 7) is 4.68. The van der Waals surface area contributed by atoms with Crippen LogP contribution in [-0.4, -0.2) is 4.98 Å². The maximum Gasteiger partial charge on any atom is 0.0393 e. The Bertz CT molecular complexity index is 377. The maximum atomic E-state index is 6.34. The van der Waals surface area contributed by atoms with E-state index in [1.807, 2.05) is 12.3 Å². The van der Waals surface area contributed by atoms with E-state index in [-0.39, 0.29) is 6.04 Å². The number of anilines is 1. The number of aromatic nitrogens is 1. The fourth-order valence-corrected chi connectivity index (χ4v) is 2.73. The van der Waals surface area contributed by atoms with E-state index >= 15 is 0 Å². The highest BCUT2D eigenvalue weighted by Gasteiger charge is 2.31. The van der Waals surface area contributed by atoms with Crippen molar-refractivity contribution in [3.63, 3.8) is 0 Å². The summed E-state index contributed by atoms with van der Waals surface area (Å²) < 4.78 is 0. The van der Waals surface area contributed by atoms with E-state index in [9.17, 15) is 0 Å². The second-order valence-electron chi connectivity index (χ2n) is 6.03. The molecule has 1 saturated carbocycles. The lowest BCUT2D eigenvalue weighted by Gasteiger charge is -2.37. The summed E-state index contributed by atoms with van der Waals surface area (Å²) in [6.07, 6.45) is 8.44. The normalized spacial score (nSPS) is 22.3. The van der Waals surface area contributed by atoms with Crippen LogP contribution in [0.4, 0.5) is 5.69 Å². The molecular weight excluding hydrogens is 210 g/mol. The first-order chi connectivity index (χ1) is 7.99. The minimum atomic E-state index is 0.0415. The molecule has 0 aliphatic heterocycles. The summed E-state index contributed by atoms with van der Waals surface area (Å²) in [5.74, 6) is 0.550. The van der Waals surface area contributed by atoms with E-state index < -0.39 is 0 Å². The molecule has 3 heteroatoms. The van der Waals surface area contributed by atoms with Gasteiger partial charge < -0.3 is 11.5 Å². The predicted octanol–water partition coefficient (Wildman–Crippen LogP) is 2.88. The third-order valence-electron chi connectivity index (χ3n) is 4.14. The lowest BCUT2D eigenvalue weighted by molar-refractivity contribution is 0.173. The molecule has 1 atom stereocenters. The molecule has 0 radical (unpaired) electrons. The molecule has 1 aromatic heterocycles. The molecule has 1 fully saturated rings. The molecule has 2 rings (SSSR count). The van der Waals surface area contributed by atoms with E-state index in [0.717, 1.165) is 11.3 Å². The summed E-state index contributed by atoms with van der Waals surface area (Å²) in [6, 6.07) is 1.88. The lowest BCUT2D eigenvalue weighted by atomic mass is 9.70. The Morgan fingerprint density at radius 3 is 2.59 bits per heavy atom. The molecule has 4 N–H and O–H groups in total. The van der Waals surface area contributed by atoms with Crippen LogP contribution >= 0.6 is 0 Å². The average molecular weight is 233 g/mol. The summed E-state index contributed by atoms with van der Waals surface area (Å²) in [7, 11) is 0. The molecule has 1 aliphatic rings. The highest BCUT2D eigenvalue weighted by Crippen LogP contribution is 2.42. The minimum Gasteiger partial charge on any atom is -0.398 e. The molecule has 0 amide bonds. The highest BCUT2D eigenvalue weighted by molar-refractivity contribution is 5.46. The summed E-state index contributed by atoms with van der Waals surface area (Å²) >= 11 is 0. The number of hydrogen-bond donors (Lipinski definition) is 2. The van der Waals surface area contributed by atoms with Gasteiger partial charge in [0.15, 0.2) is 0 Å². The topological polar surface area (TPSA) is 64.9 Å². The summed E-state index contributed by atoms with van der Waals surface area (Å²) in [5.41, 5.74) is 14.6. The van der Waals surface area contributed by atoms with Crippen molar-refractivity contribution in [2.24, 2.45) is 17.1 Å². The molecule has 1 heterocycles. The van der Waals surface area contributed by atoms with Crippen LogP contribution < -0.4 is 11.5 Å². The summed E-state index contributed by atoms with van der Waals surface area (Å²) in [4.78, 5) is 4.13. The van der Waals surface area contributed by atoms with Gasteiger partial charge in [0.25, 0.3) is 0 Å². The van der Waals surface area contributed by atoms with Crippen LogP contribution in [0.5, 0.6) is 0 Å². The molecule has 17 heavy (non-hydrogen) atoms. The number of nitrogens with zero attached hydrogens (tertiary/aromatic N) is 1. The van der Waals surface area contributed by atoms with Crippen LogP contribution in [0.3, 0.4) is 0 Å². The van der Waals surface area contributed by atoms with Crippen LogP contribution in [0, 0.1) is 11.3 Å². The molecule has 1 unspecified atom stereocenters. The van der Waals surface area contributed by atoms with Gasteiger partial charge in [0, 0.05) is 29.7 Å². The molecule has 0 saturated heterocycles. The van der Waals surface area contributed by atoms with Gasteiger partial charge in [0.05, 0.1) is 0 Å². The van der Waals surface area contributed by atoms with Crippen molar-refractivity contribution < 1.29 is 0 Å². The van der Waals surface area contributed by atoms with Gasteiger partial charge in [0.1, 0.15) is 0 Å². The van der Waals surface area contributed by atoms with Crippen LogP contribution in [0.2, 0.25) is 0 Å². The Labute approximate surface area is 104 Å². The molecule has 0 aromatic carbocycles. The van der Waals surface area contributed by atoms with Gasteiger partial charge in [-0.05, 0) is 43.1 Å². The molecule has 0 bridgehead atoms. The third-order valence-corrected chi connectivity index (χ3v) is 4.14. The van der Waals surface area contributed by atoms with Crippen molar-refractivity contribution in [3.8, 4) is 0 Å². The quantitative estimate of drug-likeness (QED) is 0.825. The van der Waals surface area contributed by atoms with Gasteiger partial charge in [-0.15, -0.1) is 0 Å². The van der Waals surface area contributed by atoms with E-state index in [2.05, 4.69) is 18.8 Å². The van der Waals surface area contributed by atoms with E-state index in [1.54, 1.807) is 6.20 Å².